The van der Waals surface area contributed by atoms with E-state index in [-0.39, 0.29) is 0 Å². The summed E-state index contributed by atoms with van der Waals surface area (Å²) in [5, 5.41) is 18.3. The maximum Gasteiger partial charge on any atom is 0.105 e. The molecule has 11 rings (SSSR count). The fraction of sp³-hybridized carbons (Fsp3) is 0. The van der Waals surface area contributed by atoms with Gasteiger partial charge in [-0.1, -0.05) is 164 Å². The molecule has 5 nitrogen and oxygen atoms in total. The van der Waals surface area contributed by atoms with Gasteiger partial charge in [0.25, 0.3) is 0 Å². The molecule has 0 bridgehead atoms. The number of hydrogen-bond donors (Lipinski definition) is 0. The van der Waals surface area contributed by atoms with Gasteiger partial charge >= 0.3 is 0 Å². The number of fused-ring (bicyclic) bond motifs is 6. The Morgan fingerprint density at radius 2 is 0.875 bits per heavy atom. The molecule has 0 unspecified atom stereocenters. The Morgan fingerprint density at radius 3 is 1.59 bits per heavy atom. The molecular weight excluding hydrogens is 683 g/mol. The van der Waals surface area contributed by atoms with Gasteiger partial charge in [-0.3, -0.25) is 0 Å². The van der Waals surface area contributed by atoms with E-state index < -0.39 is 0 Å². The lowest BCUT2D eigenvalue weighted by atomic mass is 9.80. The largest absolute Gasteiger partial charge is 0.248 e. The van der Waals surface area contributed by atoms with Gasteiger partial charge in [-0.15, -0.1) is 10.2 Å². The van der Waals surface area contributed by atoms with Crippen LogP contribution in [0.15, 0.2) is 198 Å². The lowest BCUT2D eigenvalue weighted by Gasteiger charge is -2.23. The van der Waals surface area contributed by atoms with Crippen LogP contribution in [0.5, 0.6) is 0 Å². The van der Waals surface area contributed by atoms with Gasteiger partial charge in [0.15, 0.2) is 0 Å². The highest BCUT2D eigenvalue weighted by Gasteiger charge is 2.31. The van der Waals surface area contributed by atoms with Crippen molar-refractivity contribution >= 4 is 11.4 Å². The summed E-state index contributed by atoms with van der Waals surface area (Å²) in [7, 11) is 0. The molecule has 5 heteroatoms. The summed E-state index contributed by atoms with van der Waals surface area (Å²) in [4.78, 5) is 10.6. The highest BCUT2D eigenvalue weighted by Crippen LogP contribution is 2.54. The van der Waals surface area contributed by atoms with E-state index in [4.69, 9.17) is 20.2 Å². The van der Waals surface area contributed by atoms with Crippen LogP contribution in [0.1, 0.15) is 0 Å². The van der Waals surface area contributed by atoms with Gasteiger partial charge in [-0.25, -0.2) is 9.98 Å². The van der Waals surface area contributed by atoms with E-state index in [1.54, 1.807) is 0 Å². The molecule has 0 fully saturated rings. The summed E-state index contributed by atoms with van der Waals surface area (Å²) < 4.78 is 0. The summed E-state index contributed by atoms with van der Waals surface area (Å²) in [5.41, 5.74) is 15.8. The van der Waals surface area contributed by atoms with Crippen LogP contribution in [0.4, 0.5) is 11.4 Å². The molecule has 0 atom stereocenters. The quantitative estimate of drug-likeness (QED) is 0.172. The average Bonchev–Trinajstić information content (AvgIpc) is 3.85. The molecule has 0 radical (unpaired) electrons. The summed E-state index contributed by atoms with van der Waals surface area (Å²) in [6.07, 6.45) is 0. The highest BCUT2D eigenvalue weighted by molar-refractivity contribution is 6.10. The minimum atomic E-state index is 0.750. The Labute approximate surface area is 323 Å². The molecular formula is C51H31N5. The van der Waals surface area contributed by atoms with Crippen LogP contribution < -0.4 is 10.7 Å². The lowest BCUT2D eigenvalue weighted by molar-refractivity contribution is 0.879. The Balaban J connectivity index is 1.31. The third kappa shape index (κ3) is 5.06. The number of nitrogens with zero attached hydrogens (tertiary/aromatic N) is 5. The highest BCUT2D eigenvalue weighted by atomic mass is 15.3. The molecule has 2 aliphatic rings. The van der Waals surface area contributed by atoms with Gasteiger partial charge in [0.2, 0.25) is 0 Å². The van der Waals surface area contributed by atoms with E-state index in [1.165, 1.54) is 0 Å². The van der Waals surface area contributed by atoms with E-state index in [2.05, 4.69) is 169 Å². The van der Waals surface area contributed by atoms with Crippen LogP contribution in [0.2, 0.25) is 0 Å². The third-order valence-electron chi connectivity index (χ3n) is 10.9. The molecule has 260 valence electrons. The van der Waals surface area contributed by atoms with Crippen molar-refractivity contribution in [2.75, 3.05) is 0 Å². The lowest BCUT2D eigenvalue weighted by Crippen LogP contribution is -2.04. The first-order valence-corrected chi connectivity index (χ1v) is 18.8. The maximum absolute atomic E-state index is 5.30. The van der Waals surface area contributed by atoms with Gasteiger partial charge in [-0.2, -0.15) is 0 Å². The van der Waals surface area contributed by atoms with E-state index in [0.29, 0.717) is 0 Å². The minimum Gasteiger partial charge on any atom is -0.248 e. The number of benzene rings is 8. The zero-order valence-corrected chi connectivity index (χ0v) is 30.1. The Bertz CT molecular complexity index is 3220. The van der Waals surface area contributed by atoms with E-state index >= 15 is 0 Å². The second-order valence-corrected chi connectivity index (χ2v) is 14.0. The maximum atomic E-state index is 5.30. The van der Waals surface area contributed by atoms with E-state index in [0.717, 1.165) is 111 Å². The predicted octanol–water partition coefficient (Wildman–Crippen LogP) is 11.4. The summed E-state index contributed by atoms with van der Waals surface area (Å²) in [6.45, 7) is 0. The molecule has 8 aromatic carbocycles. The Kier molecular flexibility index (Phi) is 7.42. The van der Waals surface area contributed by atoms with Crippen molar-refractivity contribution in [1.82, 2.24) is 15.4 Å². The van der Waals surface area contributed by atoms with Crippen LogP contribution >= 0.6 is 0 Å². The molecule has 56 heavy (non-hydrogen) atoms. The second-order valence-electron chi connectivity index (χ2n) is 14.0. The first-order chi connectivity index (χ1) is 27.8. The topological polar surface area (TPSA) is 63.4 Å². The fourth-order valence-electron chi connectivity index (χ4n) is 8.42. The molecule has 0 saturated carbocycles. The Morgan fingerprint density at radius 1 is 0.286 bits per heavy atom. The predicted molar refractivity (Wildman–Crippen MR) is 224 cm³/mol. The standard InChI is InChI=1S/C51H31N5/c1-5-16-32(17-6-1)36-25-15-26-40(51-44(34-20-9-3-10-21-34)49(54-56-55-51)35-22-11-4-12-23-35)45(36)46-37(33-18-7-2-8-19-33)28-30-42-47(46)48-43(52-42)31-29-39-38-24-13-14-27-41(38)53-50(39)48/h1-31H. The van der Waals surface area contributed by atoms with Crippen molar-refractivity contribution in [3.05, 3.63) is 209 Å². The van der Waals surface area contributed by atoms with Crippen LogP contribution in [0.25, 0.3) is 78.1 Å². The second kappa shape index (κ2) is 13.0. The molecule has 0 aliphatic carbocycles. The van der Waals surface area contributed by atoms with Crippen molar-refractivity contribution in [2.45, 2.75) is 0 Å². The van der Waals surface area contributed by atoms with Gasteiger partial charge in [0.05, 0.1) is 22.1 Å². The van der Waals surface area contributed by atoms with E-state index in [1.807, 2.05) is 24.3 Å². The first kappa shape index (κ1) is 31.9. The van der Waals surface area contributed by atoms with Crippen LogP contribution in [0, 0.1) is 10.4 Å². The number of aromatic nitrogens is 3. The average molecular weight is 714 g/mol. The monoisotopic (exact) mass is 713 g/mol. The molecule has 0 saturated heterocycles. The van der Waals surface area contributed by atoms with Crippen LogP contribution in [0.3, 0.4) is 0 Å². The normalized spacial score (nSPS) is 11.9. The molecule has 9 aromatic rings. The van der Waals surface area contributed by atoms with E-state index in [9.17, 15) is 0 Å². The molecule has 0 amide bonds. The van der Waals surface area contributed by atoms with Crippen LogP contribution in [-0.4, -0.2) is 15.4 Å². The fourth-order valence-corrected chi connectivity index (χ4v) is 8.42. The number of hydrogen-bond acceptors (Lipinski definition) is 5. The smallest absolute Gasteiger partial charge is 0.105 e. The van der Waals surface area contributed by atoms with Gasteiger partial charge < -0.3 is 0 Å². The van der Waals surface area contributed by atoms with Crippen molar-refractivity contribution in [3.63, 3.8) is 0 Å². The SMILES string of the molecule is c1ccc(-c2cccc(-c3nnnc(-c4ccccc4)c3-c3ccccc3)c2-c2c(-c3ccccc3)ccc3c2-c2c4c(ccc2=N3)=c2ccccc2=N4)cc1. The van der Waals surface area contributed by atoms with Gasteiger partial charge in [0.1, 0.15) is 11.4 Å². The molecule has 1 aromatic heterocycles. The van der Waals surface area contributed by atoms with Gasteiger partial charge in [-0.05, 0) is 57.3 Å². The first-order valence-electron chi connectivity index (χ1n) is 18.8. The third-order valence-corrected chi connectivity index (χ3v) is 10.9. The molecule has 0 spiro atoms. The van der Waals surface area contributed by atoms with Crippen molar-refractivity contribution in [3.8, 4) is 78.1 Å². The summed E-state index contributed by atoms with van der Waals surface area (Å²) in [5.74, 6) is 0. The molecule has 3 heterocycles. The minimum absolute atomic E-state index is 0.750. The zero-order chi connectivity index (χ0) is 37.0. The van der Waals surface area contributed by atoms with Crippen molar-refractivity contribution in [1.29, 1.82) is 0 Å². The summed E-state index contributed by atoms with van der Waals surface area (Å²) in [6, 6.07) is 65.6. The van der Waals surface area contributed by atoms with Gasteiger partial charge in [0, 0.05) is 49.4 Å². The van der Waals surface area contributed by atoms with Crippen LogP contribution in [-0.2, 0) is 0 Å². The number of rotatable bonds is 6. The molecule has 2 aliphatic heterocycles. The zero-order valence-electron chi connectivity index (χ0n) is 30.1. The Hall–Kier alpha value is -7.63. The van der Waals surface area contributed by atoms with Crippen molar-refractivity contribution < 1.29 is 0 Å². The number of para-hydroxylation sites is 1. The summed E-state index contributed by atoms with van der Waals surface area (Å²) >= 11 is 0. The van der Waals surface area contributed by atoms with Crippen molar-refractivity contribution in [2.24, 2.45) is 9.98 Å². The molecule has 0 N–H and O–H groups in total.